The molecule has 2 saturated carbocycles. The van der Waals surface area contributed by atoms with E-state index in [9.17, 15) is 8.42 Å². The SMILES string of the molecule is COc1ccc([C@H]2CCCN2S(=O)(=O)[C@H]2C[C@H]3CC[C@H]2C3)cc1OC. The third-order valence-electron chi connectivity index (χ3n) is 6.38. The summed E-state index contributed by atoms with van der Waals surface area (Å²) in [5.74, 6) is 2.34. The predicted molar refractivity (Wildman–Crippen MR) is 96.4 cm³/mol. The Bertz CT molecular complexity index is 748. The smallest absolute Gasteiger partial charge is 0.217 e. The number of hydrogen-bond donors (Lipinski definition) is 0. The Balaban J connectivity index is 1.62. The van der Waals surface area contributed by atoms with Gasteiger partial charge >= 0.3 is 0 Å². The van der Waals surface area contributed by atoms with Crippen molar-refractivity contribution in [1.82, 2.24) is 4.31 Å². The molecule has 1 aromatic carbocycles. The zero-order chi connectivity index (χ0) is 17.6. The molecule has 1 saturated heterocycles. The van der Waals surface area contributed by atoms with E-state index in [4.69, 9.17) is 9.47 Å². The molecule has 2 aliphatic carbocycles. The number of nitrogens with zero attached hydrogens (tertiary/aromatic N) is 1. The number of rotatable bonds is 5. The van der Waals surface area contributed by atoms with Crippen LogP contribution in [0.3, 0.4) is 0 Å². The Kier molecular flexibility index (Phi) is 4.44. The highest BCUT2D eigenvalue weighted by Crippen LogP contribution is 2.50. The van der Waals surface area contributed by atoms with Crippen LogP contribution >= 0.6 is 0 Å². The lowest BCUT2D eigenvalue weighted by molar-refractivity contribution is 0.349. The maximum atomic E-state index is 13.4. The minimum absolute atomic E-state index is 0.0797. The van der Waals surface area contributed by atoms with Gasteiger partial charge in [0.05, 0.1) is 19.5 Å². The van der Waals surface area contributed by atoms with Gasteiger partial charge in [-0.15, -0.1) is 0 Å². The van der Waals surface area contributed by atoms with E-state index in [0.717, 1.165) is 37.7 Å². The molecule has 1 aliphatic heterocycles. The molecule has 0 amide bonds. The van der Waals surface area contributed by atoms with E-state index >= 15 is 0 Å². The van der Waals surface area contributed by atoms with Crippen LogP contribution in [0.15, 0.2) is 18.2 Å². The summed E-state index contributed by atoms with van der Waals surface area (Å²) in [6.07, 6.45) is 6.06. The van der Waals surface area contributed by atoms with Gasteiger partial charge in [-0.3, -0.25) is 0 Å². The molecule has 138 valence electrons. The number of ether oxygens (including phenoxy) is 2. The molecule has 2 bridgehead atoms. The van der Waals surface area contributed by atoms with Gasteiger partial charge in [-0.2, -0.15) is 4.31 Å². The topological polar surface area (TPSA) is 55.8 Å². The van der Waals surface area contributed by atoms with Crippen molar-refractivity contribution in [3.05, 3.63) is 23.8 Å². The minimum Gasteiger partial charge on any atom is -0.493 e. The van der Waals surface area contributed by atoms with Crippen LogP contribution < -0.4 is 9.47 Å². The lowest BCUT2D eigenvalue weighted by atomic mass is 10.0. The highest BCUT2D eigenvalue weighted by atomic mass is 32.2. The first-order chi connectivity index (χ1) is 12.0. The van der Waals surface area contributed by atoms with Gasteiger partial charge in [0.15, 0.2) is 11.5 Å². The maximum absolute atomic E-state index is 13.4. The van der Waals surface area contributed by atoms with Crippen molar-refractivity contribution in [3.8, 4) is 11.5 Å². The van der Waals surface area contributed by atoms with Gasteiger partial charge in [-0.25, -0.2) is 8.42 Å². The standard InChI is InChI=1S/C19H27NO4S/c1-23-17-8-7-14(12-18(17)24-2)16-4-3-9-20(16)25(21,22)19-11-13-5-6-15(19)10-13/h7-8,12-13,15-16,19H,3-6,9-11H2,1-2H3/t13-,15-,16+,19-/m0/s1. The summed E-state index contributed by atoms with van der Waals surface area (Å²) in [7, 11) is -0.0193. The van der Waals surface area contributed by atoms with Crippen LogP contribution in [-0.4, -0.2) is 38.7 Å². The fourth-order valence-corrected chi connectivity index (χ4v) is 7.73. The molecule has 3 aliphatic rings. The van der Waals surface area contributed by atoms with Gasteiger partial charge in [0.2, 0.25) is 10.0 Å². The molecule has 0 unspecified atom stereocenters. The summed E-state index contributed by atoms with van der Waals surface area (Å²) in [4.78, 5) is 0. The molecule has 6 heteroatoms. The predicted octanol–water partition coefficient (Wildman–Crippen LogP) is 3.36. The molecule has 0 N–H and O–H groups in total. The lowest BCUT2D eigenvalue weighted by Crippen LogP contribution is -2.40. The van der Waals surface area contributed by atoms with Crippen molar-refractivity contribution < 1.29 is 17.9 Å². The molecule has 4 rings (SSSR count). The normalized spacial score (nSPS) is 32.2. The van der Waals surface area contributed by atoms with Crippen molar-refractivity contribution >= 4 is 10.0 Å². The van der Waals surface area contributed by atoms with E-state index in [2.05, 4.69) is 0 Å². The van der Waals surface area contributed by atoms with Crippen LogP contribution in [0.1, 0.15) is 50.1 Å². The highest BCUT2D eigenvalue weighted by Gasteiger charge is 2.50. The zero-order valence-electron chi connectivity index (χ0n) is 15.0. The summed E-state index contributed by atoms with van der Waals surface area (Å²) in [6.45, 7) is 0.634. The Labute approximate surface area is 150 Å². The fraction of sp³-hybridized carbons (Fsp3) is 0.684. The first-order valence-corrected chi connectivity index (χ1v) is 10.8. The number of methoxy groups -OCH3 is 2. The average Bonchev–Trinajstić information content (AvgIpc) is 3.37. The molecule has 25 heavy (non-hydrogen) atoms. The Morgan fingerprint density at radius 1 is 1.04 bits per heavy atom. The minimum atomic E-state index is -3.24. The third kappa shape index (κ3) is 2.83. The summed E-state index contributed by atoms with van der Waals surface area (Å²) < 4.78 is 39.2. The van der Waals surface area contributed by atoms with E-state index in [0.29, 0.717) is 29.9 Å². The van der Waals surface area contributed by atoms with Gasteiger partial charge in [0.1, 0.15) is 0 Å². The second-order valence-corrected chi connectivity index (χ2v) is 9.75. The second-order valence-electron chi connectivity index (χ2n) is 7.64. The second kappa shape index (κ2) is 6.47. The molecule has 5 nitrogen and oxygen atoms in total. The van der Waals surface area contributed by atoms with Crippen LogP contribution in [0, 0.1) is 11.8 Å². The van der Waals surface area contributed by atoms with Crippen LogP contribution in [0.4, 0.5) is 0 Å². The number of benzene rings is 1. The van der Waals surface area contributed by atoms with Gasteiger partial charge in [0.25, 0.3) is 0 Å². The molecule has 1 aromatic rings. The Morgan fingerprint density at radius 3 is 2.48 bits per heavy atom. The Morgan fingerprint density at radius 2 is 1.84 bits per heavy atom. The first-order valence-electron chi connectivity index (χ1n) is 9.27. The average molecular weight is 365 g/mol. The van der Waals surface area contributed by atoms with E-state index in [1.165, 1.54) is 6.42 Å². The molecular formula is C19H27NO4S. The third-order valence-corrected chi connectivity index (χ3v) is 8.81. The number of sulfonamides is 1. The summed E-state index contributed by atoms with van der Waals surface area (Å²) in [5.41, 5.74) is 1.00. The van der Waals surface area contributed by atoms with Gasteiger partial charge in [0, 0.05) is 12.6 Å². The first kappa shape index (κ1) is 17.2. The van der Waals surface area contributed by atoms with E-state index in [1.807, 2.05) is 18.2 Å². The fourth-order valence-electron chi connectivity index (χ4n) is 5.16. The van der Waals surface area contributed by atoms with E-state index in [-0.39, 0.29) is 11.3 Å². The Hall–Kier alpha value is -1.27. The molecule has 0 radical (unpaired) electrons. The molecule has 1 heterocycles. The molecule has 4 atom stereocenters. The maximum Gasteiger partial charge on any atom is 0.217 e. The largest absolute Gasteiger partial charge is 0.493 e. The van der Waals surface area contributed by atoms with Crippen molar-refractivity contribution in [2.24, 2.45) is 11.8 Å². The lowest BCUT2D eigenvalue weighted by Gasteiger charge is -2.31. The zero-order valence-corrected chi connectivity index (χ0v) is 15.8. The summed E-state index contributed by atoms with van der Waals surface area (Å²) in [6, 6.07) is 5.69. The monoisotopic (exact) mass is 365 g/mol. The number of fused-ring (bicyclic) bond motifs is 2. The van der Waals surface area contributed by atoms with Crippen LogP contribution in [0.5, 0.6) is 11.5 Å². The van der Waals surface area contributed by atoms with Crippen LogP contribution in [0.2, 0.25) is 0 Å². The van der Waals surface area contributed by atoms with Crippen LogP contribution in [0.25, 0.3) is 0 Å². The van der Waals surface area contributed by atoms with E-state index < -0.39 is 10.0 Å². The molecular weight excluding hydrogens is 338 g/mol. The molecule has 0 spiro atoms. The number of hydrogen-bond acceptors (Lipinski definition) is 4. The van der Waals surface area contributed by atoms with Crippen LogP contribution in [-0.2, 0) is 10.0 Å². The van der Waals surface area contributed by atoms with Crippen molar-refractivity contribution in [2.45, 2.75) is 49.8 Å². The molecule has 0 aromatic heterocycles. The van der Waals surface area contributed by atoms with Gasteiger partial charge in [-0.05, 0) is 61.6 Å². The van der Waals surface area contributed by atoms with Gasteiger partial charge < -0.3 is 9.47 Å². The summed E-state index contributed by atoms with van der Waals surface area (Å²) in [5, 5.41) is -0.160. The molecule has 3 fully saturated rings. The van der Waals surface area contributed by atoms with Crippen molar-refractivity contribution in [2.75, 3.05) is 20.8 Å². The highest BCUT2D eigenvalue weighted by molar-refractivity contribution is 7.89. The van der Waals surface area contributed by atoms with Gasteiger partial charge in [-0.1, -0.05) is 12.5 Å². The van der Waals surface area contributed by atoms with Crippen molar-refractivity contribution in [3.63, 3.8) is 0 Å². The van der Waals surface area contributed by atoms with E-state index in [1.54, 1.807) is 18.5 Å². The summed E-state index contributed by atoms with van der Waals surface area (Å²) >= 11 is 0. The quantitative estimate of drug-likeness (QED) is 0.803. The van der Waals surface area contributed by atoms with Crippen molar-refractivity contribution in [1.29, 1.82) is 0 Å².